The maximum absolute atomic E-state index is 11.5. The topological polar surface area (TPSA) is 50.1 Å². The Labute approximate surface area is 89.3 Å². The first-order valence-electron chi connectivity index (χ1n) is 4.79. The third-order valence-corrected chi connectivity index (χ3v) is 2.25. The van der Waals surface area contributed by atoms with Crippen LogP contribution in [-0.4, -0.2) is 12.9 Å². The van der Waals surface area contributed by atoms with Gasteiger partial charge in [0.2, 0.25) is 0 Å². The van der Waals surface area contributed by atoms with Gasteiger partial charge in [-0.05, 0) is 6.07 Å². The molecule has 0 aliphatic rings. The van der Waals surface area contributed by atoms with Crippen molar-refractivity contribution in [2.24, 2.45) is 0 Å². The van der Waals surface area contributed by atoms with Crippen molar-refractivity contribution >= 4 is 5.78 Å². The molecule has 1 aromatic rings. The highest BCUT2D eigenvalue weighted by Crippen LogP contribution is 2.27. The van der Waals surface area contributed by atoms with E-state index in [-0.39, 0.29) is 5.78 Å². The molecule has 0 amide bonds. The van der Waals surface area contributed by atoms with E-state index in [9.17, 15) is 4.79 Å². The van der Waals surface area contributed by atoms with Crippen LogP contribution in [0.1, 0.15) is 24.8 Å². The lowest BCUT2D eigenvalue weighted by Crippen LogP contribution is -2.10. The number of nitrogens with zero attached hydrogens (tertiary/aromatic N) is 1. The molecule has 0 fully saturated rings. The quantitative estimate of drug-likeness (QED) is 0.754. The van der Waals surface area contributed by atoms with E-state index in [2.05, 4.69) is 0 Å². The van der Waals surface area contributed by atoms with Gasteiger partial charge in [0.25, 0.3) is 0 Å². The maximum atomic E-state index is 11.5. The summed E-state index contributed by atoms with van der Waals surface area (Å²) >= 11 is 0. The Bertz CT molecular complexity index is 393. The summed E-state index contributed by atoms with van der Waals surface area (Å²) in [7, 11) is 1.53. The summed E-state index contributed by atoms with van der Waals surface area (Å²) in [5.74, 6) is -0.209. The van der Waals surface area contributed by atoms with Crippen LogP contribution in [0, 0.1) is 11.3 Å². The highest BCUT2D eigenvalue weighted by molar-refractivity contribution is 5.88. The molecule has 1 aromatic carbocycles. The highest BCUT2D eigenvalue weighted by Gasteiger charge is 2.21. The van der Waals surface area contributed by atoms with E-state index in [1.165, 1.54) is 7.11 Å². The Morgan fingerprint density at radius 2 is 2.20 bits per heavy atom. The molecule has 0 aliphatic heterocycles. The van der Waals surface area contributed by atoms with Crippen molar-refractivity contribution in [3.8, 4) is 11.8 Å². The van der Waals surface area contributed by atoms with Gasteiger partial charge in [0, 0.05) is 12.0 Å². The molecule has 78 valence electrons. The second-order valence-electron chi connectivity index (χ2n) is 3.12. The third-order valence-electron chi connectivity index (χ3n) is 2.25. The van der Waals surface area contributed by atoms with Crippen LogP contribution in [0.3, 0.4) is 0 Å². The SMILES string of the molecule is CCC(=O)[C@H](C#N)c1ccccc1OC. The molecule has 0 spiro atoms. The molecule has 1 rings (SSSR count). The Morgan fingerprint density at radius 3 is 2.73 bits per heavy atom. The number of benzene rings is 1. The summed E-state index contributed by atoms with van der Waals surface area (Å²) in [6, 6.07) is 9.13. The molecule has 0 unspecified atom stereocenters. The third kappa shape index (κ3) is 2.35. The van der Waals surface area contributed by atoms with Crippen LogP contribution in [0.2, 0.25) is 0 Å². The molecule has 3 heteroatoms. The Morgan fingerprint density at radius 1 is 1.53 bits per heavy atom. The minimum absolute atomic E-state index is 0.0815. The molecule has 0 saturated carbocycles. The fraction of sp³-hybridized carbons (Fsp3) is 0.333. The average Bonchev–Trinajstić information content (AvgIpc) is 2.30. The minimum atomic E-state index is -0.717. The fourth-order valence-corrected chi connectivity index (χ4v) is 1.42. The molecule has 0 aromatic heterocycles. The van der Waals surface area contributed by atoms with Gasteiger partial charge in [0.15, 0.2) is 5.78 Å². The number of rotatable bonds is 4. The van der Waals surface area contributed by atoms with Gasteiger partial charge in [0.1, 0.15) is 11.7 Å². The second kappa shape index (κ2) is 5.16. The number of hydrogen-bond donors (Lipinski definition) is 0. The van der Waals surface area contributed by atoms with Gasteiger partial charge in [-0.2, -0.15) is 5.26 Å². The summed E-state index contributed by atoms with van der Waals surface area (Å²) in [5.41, 5.74) is 0.648. The van der Waals surface area contributed by atoms with Crippen molar-refractivity contribution in [2.75, 3.05) is 7.11 Å². The Kier molecular flexibility index (Phi) is 3.87. The van der Waals surface area contributed by atoms with Crippen LogP contribution in [0.25, 0.3) is 0 Å². The van der Waals surface area contributed by atoms with Gasteiger partial charge in [0.05, 0.1) is 13.2 Å². The molecule has 0 aliphatic carbocycles. The smallest absolute Gasteiger partial charge is 0.154 e. The van der Waals surface area contributed by atoms with Gasteiger partial charge in [-0.25, -0.2) is 0 Å². The zero-order valence-electron chi connectivity index (χ0n) is 8.86. The molecule has 0 radical (unpaired) electrons. The molecule has 15 heavy (non-hydrogen) atoms. The highest BCUT2D eigenvalue weighted by atomic mass is 16.5. The monoisotopic (exact) mass is 203 g/mol. The van der Waals surface area contributed by atoms with Gasteiger partial charge < -0.3 is 4.74 Å². The first kappa shape index (κ1) is 11.3. The zero-order chi connectivity index (χ0) is 11.3. The fourth-order valence-electron chi connectivity index (χ4n) is 1.42. The van der Waals surface area contributed by atoms with E-state index in [0.717, 1.165) is 0 Å². The van der Waals surface area contributed by atoms with Crippen LogP contribution in [-0.2, 0) is 4.79 Å². The van der Waals surface area contributed by atoms with Gasteiger partial charge in [-0.1, -0.05) is 25.1 Å². The minimum Gasteiger partial charge on any atom is -0.496 e. The summed E-state index contributed by atoms with van der Waals surface area (Å²) in [6.45, 7) is 1.75. The molecule has 0 N–H and O–H groups in total. The average molecular weight is 203 g/mol. The summed E-state index contributed by atoms with van der Waals surface area (Å²) in [5, 5.41) is 8.97. The van der Waals surface area contributed by atoms with Crippen molar-refractivity contribution in [1.82, 2.24) is 0 Å². The van der Waals surface area contributed by atoms with Gasteiger partial charge >= 0.3 is 0 Å². The van der Waals surface area contributed by atoms with E-state index >= 15 is 0 Å². The predicted octanol–water partition coefficient (Wildman–Crippen LogP) is 2.28. The predicted molar refractivity (Wildman–Crippen MR) is 56.6 cm³/mol. The maximum Gasteiger partial charge on any atom is 0.154 e. The van der Waals surface area contributed by atoms with Crippen molar-refractivity contribution in [1.29, 1.82) is 5.26 Å². The van der Waals surface area contributed by atoms with E-state index in [1.807, 2.05) is 12.1 Å². The lowest BCUT2D eigenvalue weighted by atomic mass is 9.94. The summed E-state index contributed by atoms with van der Waals surface area (Å²) < 4.78 is 5.12. The zero-order valence-corrected chi connectivity index (χ0v) is 8.86. The summed E-state index contributed by atoms with van der Waals surface area (Å²) in [4.78, 5) is 11.5. The second-order valence-corrected chi connectivity index (χ2v) is 3.12. The van der Waals surface area contributed by atoms with Gasteiger partial charge in [-0.15, -0.1) is 0 Å². The molecule has 0 saturated heterocycles. The number of ketones is 1. The van der Waals surface area contributed by atoms with Crippen molar-refractivity contribution < 1.29 is 9.53 Å². The van der Waals surface area contributed by atoms with Crippen LogP contribution in [0.5, 0.6) is 5.75 Å². The van der Waals surface area contributed by atoms with Crippen molar-refractivity contribution in [2.45, 2.75) is 19.3 Å². The number of para-hydroxylation sites is 1. The van der Waals surface area contributed by atoms with Crippen LogP contribution in [0.4, 0.5) is 0 Å². The van der Waals surface area contributed by atoms with E-state index < -0.39 is 5.92 Å². The van der Waals surface area contributed by atoms with E-state index in [1.54, 1.807) is 25.1 Å². The molecular weight excluding hydrogens is 190 g/mol. The molecule has 0 bridgehead atoms. The molecule has 3 nitrogen and oxygen atoms in total. The first-order valence-corrected chi connectivity index (χ1v) is 4.79. The van der Waals surface area contributed by atoms with E-state index in [4.69, 9.17) is 10.00 Å². The Hall–Kier alpha value is -1.82. The number of carbonyl (C=O) groups excluding carboxylic acids is 1. The molecule has 1 atom stereocenters. The molecular formula is C12H13NO2. The number of nitriles is 1. The number of methoxy groups -OCH3 is 1. The lowest BCUT2D eigenvalue weighted by molar-refractivity contribution is -0.119. The number of Topliss-reactive ketones (excluding diaryl/α,β-unsaturated/α-hetero) is 1. The van der Waals surface area contributed by atoms with E-state index in [0.29, 0.717) is 17.7 Å². The number of ether oxygens (including phenoxy) is 1. The Balaban J connectivity index is 3.13. The normalized spacial score (nSPS) is 11.5. The van der Waals surface area contributed by atoms with Crippen molar-refractivity contribution in [3.63, 3.8) is 0 Å². The van der Waals surface area contributed by atoms with Crippen LogP contribution >= 0.6 is 0 Å². The number of carbonyl (C=O) groups is 1. The number of hydrogen-bond acceptors (Lipinski definition) is 3. The van der Waals surface area contributed by atoms with Crippen molar-refractivity contribution in [3.05, 3.63) is 29.8 Å². The largest absolute Gasteiger partial charge is 0.496 e. The van der Waals surface area contributed by atoms with Gasteiger partial charge in [-0.3, -0.25) is 4.79 Å². The summed E-state index contributed by atoms with van der Waals surface area (Å²) in [6.07, 6.45) is 0.357. The standard InChI is InChI=1S/C12H13NO2/c1-3-11(14)10(8-13)9-6-4-5-7-12(9)15-2/h4-7,10H,3H2,1-2H3/t10-/m1/s1. The van der Waals surface area contributed by atoms with Crippen LogP contribution < -0.4 is 4.74 Å². The lowest BCUT2D eigenvalue weighted by Gasteiger charge is -2.11. The van der Waals surface area contributed by atoms with Crippen LogP contribution in [0.15, 0.2) is 24.3 Å². The first-order chi connectivity index (χ1) is 7.24. The molecule has 0 heterocycles.